The first-order chi connectivity index (χ1) is 10.9. The van der Waals surface area contributed by atoms with Crippen LogP contribution in [-0.4, -0.2) is 39.7 Å². The lowest BCUT2D eigenvalue weighted by atomic mass is 10.1. The fourth-order valence-electron chi connectivity index (χ4n) is 2.65. The molecule has 130 valence electrons. The lowest BCUT2D eigenvalue weighted by molar-refractivity contribution is -0.142. The van der Waals surface area contributed by atoms with Gasteiger partial charge in [0.15, 0.2) is 0 Å². The molecular weight excluding hydrogens is 345 g/mol. The topological polar surface area (TPSA) is 64.2 Å². The highest BCUT2D eigenvalue weighted by Gasteiger charge is 2.35. The highest BCUT2D eigenvalue weighted by atomic mass is 35.5. The minimum Gasteiger partial charge on any atom is -0.337 e. The first-order valence-electron chi connectivity index (χ1n) is 7.13. The molecule has 0 radical (unpaired) electrons. The number of likely N-dealkylation sites (tertiary alicyclic amines) is 1. The highest BCUT2D eigenvalue weighted by molar-refractivity contribution is 5.95. The van der Waals surface area contributed by atoms with Crippen LogP contribution >= 0.6 is 12.4 Å². The summed E-state index contributed by atoms with van der Waals surface area (Å²) in [6, 6.07) is 6.86. The van der Waals surface area contributed by atoms with E-state index in [1.54, 1.807) is 17.0 Å². The molecule has 1 aromatic carbocycles. The summed E-state index contributed by atoms with van der Waals surface area (Å²) in [6.07, 6.45) is -2.71. The Morgan fingerprint density at radius 2 is 2.04 bits per heavy atom. The normalized spacial score (nSPS) is 17.7. The van der Waals surface area contributed by atoms with Crippen molar-refractivity contribution in [3.8, 4) is 5.69 Å². The predicted octanol–water partition coefficient (Wildman–Crippen LogP) is 2.49. The molecular formula is C15H16ClF3N4O. The molecule has 5 nitrogen and oxygen atoms in total. The van der Waals surface area contributed by atoms with E-state index in [0.717, 1.165) is 23.4 Å². The van der Waals surface area contributed by atoms with E-state index in [0.29, 0.717) is 18.7 Å². The van der Waals surface area contributed by atoms with E-state index in [1.807, 2.05) is 0 Å². The fraction of sp³-hybridized carbons (Fsp3) is 0.333. The van der Waals surface area contributed by atoms with Gasteiger partial charge in [-0.1, -0.05) is 6.07 Å². The van der Waals surface area contributed by atoms with Gasteiger partial charge in [-0.25, -0.2) is 4.68 Å². The standard InChI is InChI=1S/C15H15F3N4O.ClH/c16-15(17,18)13-4-6-20-22(13)12-3-1-2-10(8-12)14(23)21-7-5-11(19)9-21;/h1-4,6,8,11H,5,7,9,19H2;1H/t11-;/m1./s1. The quantitative estimate of drug-likeness (QED) is 0.895. The van der Waals surface area contributed by atoms with E-state index in [2.05, 4.69) is 5.10 Å². The van der Waals surface area contributed by atoms with Crippen LogP contribution < -0.4 is 5.73 Å². The summed E-state index contributed by atoms with van der Waals surface area (Å²) in [5, 5.41) is 3.71. The summed E-state index contributed by atoms with van der Waals surface area (Å²) in [6.45, 7) is 1.01. The average molecular weight is 361 g/mol. The van der Waals surface area contributed by atoms with Gasteiger partial charge >= 0.3 is 6.18 Å². The number of carbonyl (C=O) groups is 1. The number of rotatable bonds is 2. The molecule has 24 heavy (non-hydrogen) atoms. The van der Waals surface area contributed by atoms with Gasteiger partial charge < -0.3 is 10.6 Å². The van der Waals surface area contributed by atoms with Gasteiger partial charge in [-0.15, -0.1) is 12.4 Å². The molecule has 1 aliphatic rings. The molecule has 0 aliphatic carbocycles. The monoisotopic (exact) mass is 360 g/mol. The van der Waals surface area contributed by atoms with Crippen molar-refractivity contribution in [1.29, 1.82) is 0 Å². The van der Waals surface area contributed by atoms with E-state index >= 15 is 0 Å². The summed E-state index contributed by atoms with van der Waals surface area (Å²) in [4.78, 5) is 14.0. The molecule has 0 unspecified atom stereocenters. The maximum atomic E-state index is 13.0. The number of benzene rings is 1. The van der Waals surface area contributed by atoms with Crippen molar-refractivity contribution < 1.29 is 18.0 Å². The average Bonchev–Trinajstić information content (AvgIpc) is 3.15. The SMILES string of the molecule is Cl.N[C@@H]1CCN(C(=O)c2cccc(-n3nccc3C(F)(F)F)c2)C1. The van der Waals surface area contributed by atoms with Crippen molar-refractivity contribution >= 4 is 18.3 Å². The first kappa shape index (κ1) is 18.3. The minimum absolute atomic E-state index is 0. The van der Waals surface area contributed by atoms with Crippen LogP contribution in [0.5, 0.6) is 0 Å². The van der Waals surface area contributed by atoms with E-state index in [1.165, 1.54) is 12.1 Å². The summed E-state index contributed by atoms with van der Waals surface area (Å²) in [5.74, 6) is -0.236. The minimum atomic E-state index is -4.52. The molecule has 2 heterocycles. The Bertz CT molecular complexity index is 732. The molecule has 1 atom stereocenters. The van der Waals surface area contributed by atoms with Crippen LogP contribution in [0.2, 0.25) is 0 Å². The lowest BCUT2D eigenvalue weighted by Crippen LogP contribution is -2.31. The largest absolute Gasteiger partial charge is 0.433 e. The third-order valence-corrected chi connectivity index (χ3v) is 3.78. The molecule has 1 aliphatic heterocycles. The second kappa shape index (κ2) is 6.82. The van der Waals surface area contributed by atoms with Crippen molar-refractivity contribution in [2.24, 2.45) is 5.73 Å². The molecule has 9 heteroatoms. The second-order valence-corrected chi connectivity index (χ2v) is 5.48. The van der Waals surface area contributed by atoms with E-state index < -0.39 is 11.9 Å². The first-order valence-corrected chi connectivity index (χ1v) is 7.13. The molecule has 2 N–H and O–H groups in total. The van der Waals surface area contributed by atoms with Crippen LogP contribution in [0.25, 0.3) is 5.69 Å². The number of carbonyl (C=O) groups excluding carboxylic acids is 1. The maximum Gasteiger partial charge on any atom is 0.433 e. The zero-order valence-electron chi connectivity index (χ0n) is 12.5. The molecule has 0 saturated carbocycles. The zero-order chi connectivity index (χ0) is 16.6. The summed E-state index contributed by atoms with van der Waals surface area (Å²) in [5.41, 5.74) is 5.41. The van der Waals surface area contributed by atoms with Crippen LogP contribution in [0.15, 0.2) is 36.5 Å². The number of hydrogen-bond acceptors (Lipinski definition) is 3. The van der Waals surface area contributed by atoms with Crippen molar-refractivity contribution in [2.75, 3.05) is 13.1 Å². The van der Waals surface area contributed by atoms with Crippen LogP contribution in [0, 0.1) is 0 Å². The Balaban J connectivity index is 0.00000208. The lowest BCUT2D eigenvalue weighted by Gasteiger charge is -2.17. The number of amides is 1. The van der Waals surface area contributed by atoms with Crippen LogP contribution in [-0.2, 0) is 6.18 Å². The number of nitrogens with zero attached hydrogens (tertiary/aromatic N) is 3. The predicted molar refractivity (Wildman–Crippen MR) is 84.3 cm³/mol. The summed E-state index contributed by atoms with van der Waals surface area (Å²) >= 11 is 0. The molecule has 1 saturated heterocycles. The molecule has 1 amide bonds. The van der Waals surface area contributed by atoms with Gasteiger partial charge in [0.2, 0.25) is 0 Å². The Kier molecular flexibility index (Phi) is 5.19. The van der Waals surface area contributed by atoms with Gasteiger partial charge in [-0.3, -0.25) is 4.79 Å². The Hall–Kier alpha value is -2.06. The molecule has 1 fully saturated rings. The van der Waals surface area contributed by atoms with Crippen LogP contribution in [0.1, 0.15) is 22.5 Å². The van der Waals surface area contributed by atoms with Crippen molar-refractivity contribution in [1.82, 2.24) is 14.7 Å². The fourth-order valence-corrected chi connectivity index (χ4v) is 2.65. The smallest absolute Gasteiger partial charge is 0.337 e. The third-order valence-electron chi connectivity index (χ3n) is 3.78. The molecule has 3 rings (SSSR count). The molecule has 0 spiro atoms. The second-order valence-electron chi connectivity index (χ2n) is 5.48. The highest BCUT2D eigenvalue weighted by Crippen LogP contribution is 2.30. The van der Waals surface area contributed by atoms with Gasteiger partial charge in [-0.2, -0.15) is 18.3 Å². The van der Waals surface area contributed by atoms with Gasteiger partial charge in [0.05, 0.1) is 11.9 Å². The van der Waals surface area contributed by atoms with Gasteiger partial charge in [0.25, 0.3) is 5.91 Å². The molecule has 0 bridgehead atoms. The number of alkyl halides is 3. The van der Waals surface area contributed by atoms with E-state index in [9.17, 15) is 18.0 Å². The summed E-state index contributed by atoms with van der Waals surface area (Å²) in [7, 11) is 0. The van der Waals surface area contributed by atoms with E-state index in [4.69, 9.17) is 5.73 Å². The van der Waals surface area contributed by atoms with Gasteiger partial charge in [0.1, 0.15) is 5.69 Å². The van der Waals surface area contributed by atoms with Gasteiger partial charge in [-0.05, 0) is 30.7 Å². The van der Waals surface area contributed by atoms with Crippen molar-refractivity contribution in [3.05, 3.63) is 47.8 Å². The molecule has 1 aromatic heterocycles. The Morgan fingerprint density at radius 1 is 1.29 bits per heavy atom. The number of halogens is 4. The Morgan fingerprint density at radius 3 is 2.67 bits per heavy atom. The summed E-state index contributed by atoms with van der Waals surface area (Å²) < 4.78 is 39.7. The van der Waals surface area contributed by atoms with Gasteiger partial charge in [0, 0.05) is 24.7 Å². The van der Waals surface area contributed by atoms with Crippen molar-refractivity contribution in [3.63, 3.8) is 0 Å². The third kappa shape index (κ3) is 3.54. The van der Waals surface area contributed by atoms with Crippen LogP contribution in [0.3, 0.4) is 0 Å². The maximum absolute atomic E-state index is 13.0. The van der Waals surface area contributed by atoms with E-state index in [-0.39, 0.29) is 30.0 Å². The zero-order valence-corrected chi connectivity index (χ0v) is 13.3. The molecule has 2 aromatic rings. The van der Waals surface area contributed by atoms with Crippen molar-refractivity contribution in [2.45, 2.75) is 18.6 Å². The Labute approximate surface area is 142 Å². The number of nitrogens with two attached hydrogens (primary N) is 1. The number of aromatic nitrogens is 2. The number of hydrogen-bond donors (Lipinski definition) is 1. The van der Waals surface area contributed by atoms with Crippen LogP contribution in [0.4, 0.5) is 13.2 Å².